The van der Waals surface area contributed by atoms with E-state index in [0.717, 1.165) is 5.39 Å². The van der Waals surface area contributed by atoms with Crippen molar-refractivity contribution in [2.24, 2.45) is 0 Å². The molecule has 0 N–H and O–H groups in total. The molecule has 2 aromatic rings. The fourth-order valence-corrected chi connectivity index (χ4v) is 8.57. The second kappa shape index (κ2) is 7.59. The second-order valence-electron chi connectivity index (χ2n) is 6.11. The van der Waals surface area contributed by atoms with Crippen LogP contribution in [0.2, 0.25) is 0 Å². The summed E-state index contributed by atoms with van der Waals surface area (Å²) in [5.74, 6) is 0.213. The molecular formula is C17H19F3O5S2. The van der Waals surface area contributed by atoms with Gasteiger partial charge in [0.2, 0.25) is 0 Å². The van der Waals surface area contributed by atoms with E-state index in [0.29, 0.717) is 16.7 Å². The van der Waals surface area contributed by atoms with Crippen LogP contribution in [0.4, 0.5) is 13.2 Å². The summed E-state index contributed by atoms with van der Waals surface area (Å²) in [6.45, 7) is -0.0260. The number of halogens is 3. The van der Waals surface area contributed by atoms with Gasteiger partial charge in [0.05, 0.1) is 6.10 Å². The van der Waals surface area contributed by atoms with Crippen molar-refractivity contribution in [3.8, 4) is 0 Å². The third-order valence-electron chi connectivity index (χ3n) is 4.30. The molecule has 2 unspecified atom stereocenters. The number of fused-ring (bicyclic) bond motifs is 1. The molecule has 1 fully saturated rings. The summed E-state index contributed by atoms with van der Waals surface area (Å²) in [5, 5.41) is 1.48. The Bertz CT molecular complexity index is 911. The first-order valence-electron chi connectivity index (χ1n) is 8.08. The fraction of sp³-hybridized carbons (Fsp3) is 0.412. The van der Waals surface area contributed by atoms with Gasteiger partial charge in [0.15, 0.2) is 0 Å². The molecule has 0 spiro atoms. The Morgan fingerprint density at radius 1 is 1.15 bits per heavy atom. The van der Waals surface area contributed by atoms with Gasteiger partial charge in [-0.25, -0.2) is 3.63 Å². The van der Waals surface area contributed by atoms with Gasteiger partial charge in [-0.1, -0.05) is 46.7 Å². The Kier molecular flexibility index (Phi) is 5.74. The van der Waals surface area contributed by atoms with Crippen LogP contribution in [-0.2, 0) is 23.2 Å². The molecule has 150 valence electrons. The van der Waals surface area contributed by atoms with E-state index in [1.165, 1.54) is 7.11 Å². The van der Waals surface area contributed by atoms with Gasteiger partial charge in [0, 0.05) is 23.5 Å². The van der Waals surface area contributed by atoms with Crippen LogP contribution in [0.1, 0.15) is 6.42 Å². The van der Waals surface area contributed by atoms with Gasteiger partial charge >= 0.3 is 15.6 Å². The molecule has 0 radical (unpaired) electrons. The molecule has 0 aliphatic carbocycles. The Labute approximate surface area is 157 Å². The smallest absolute Gasteiger partial charge is 0.359 e. The van der Waals surface area contributed by atoms with Gasteiger partial charge in [-0.05, 0) is 23.3 Å². The number of benzene rings is 2. The zero-order valence-electron chi connectivity index (χ0n) is 14.4. The van der Waals surface area contributed by atoms with E-state index in [9.17, 15) is 21.6 Å². The van der Waals surface area contributed by atoms with Gasteiger partial charge in [-0.3, -0.25) is 0 Å². The van der Waals surface area contributed by atoms with E-state index < -0.39 is 32.0 Å². The normalized spacial score (nSPS) is 26.1. The van der Waals surface area contributed by atoms with Crippen molar-refractivity contribution >= 4 is 31.2 Å². The lowest BCUT2D eigenvalue weighted by molar-refractivity contribution is -0.0624. The van der Waals surface area contributed by atoms with Crippen LogP contribution >= 0.6 is 10.3 Å². The number of ether oxygens (including phenoxy) is 2. The molecular weight excluding hydrogens is 405 g/mol. The summed E-state index contributed by atoms with van der Waals surface area (Å²) >= 11 is 0. The molecule has 2 aromatic carbocycles. The highest BCUT2D eigenvalue weighted by Gasteiger charge is 2.53. The fourth-order valence-electron chi connectivity index (χ4n) is 3.11. The lowest BCUT2D eigenvalue weighted by Crippen LogP contribution is -2.28. The predicted molar refractivity (Wildman–Crippen MR) is 97.0 cm³/mol. The third kappa shape index (κ3) is 4.09. The molecule has 10 heteroatoms. The number of hydrogen-bond acceptors (Lipinski definition) is 5. The minimum Gasteiger partial charge on any atom is -0.359 e. The standard InChI is InChI=1S/C17H19F3O5S2/c1-23-12-24-14-9-10-26(11-14,25-27(21,22)17(18,19)20)16-8-4-6-13-5-2-3-7-15(13)16/h2-8,14H,9-12H2,1H3. The predicted octanol–water partition coefficient (Wildman–Crippen LogP) is 4.18. The second-order valence-corrected chi connectivity index (χ2v) is 10.8. The van der Waals surface area contributed by atoms with Crippen molar-refractivity contribution in [1.82, 2.24) is 0 Å². The first kappa shape index (κ1) is 20.4. The van der Waals surface area contributed by atoms with Crippen molar-refractivity contribution in [3.05, 3.63) is 42.5 Å². The van der Waals surface area contributed by atoms with Crippen molar-refractivity contribution in [2.45, 2.75) is 22.9 Å². The third-order valence-corrected chi connectivity index (χ3v) is 9.59. The average molecular weight is 424 g/mol. The highest BCUT2D eigenvalue weighted by molar-refractivity contribution is 8.33. The molecule has 0 bridgehead atoms. The van der Waals surface area contributed by atoms with Crippen molar-refractivity contribution < 1.29 is 34.7 Å². The molecule has 2 atom stereocenters. The van der Waals surface area contributed by atoms with E-state index >= 15 is 0 Å². The summed E-state index contributed by atoms with van der Waals surface area (Å²) in [5.41, 5.74) is -5.48. The van der Waals surface area contributed by atoms with E-state index in [1.54, 1.807) is 30.3 Å². The van der Waals surface area contributed by atoms with E-state index in [1.807, 2.05) is 12.1 Å². The Hall–Kier alpha value is -1.33. The quantitative estimate of drug-likeness (QED) is 0.514. The molecule has 1 aliphatic rings. The zero-order valence-corrected chi connectivity index (χ0v) is 16.1. The van der Waals surface area contributed by atoms with Gasteiger partial charge in [-0.15, -0.1) is 0 Å². The lowest BCUT2D eigenvalue weighted by atomic mass is 10.1. The van der Waals surface area contributed by atoms with Gasteiger partial charge in [0.25, 0.3) is 0 Å². The molecule has 0 aromatic heterocycles. The maximum atomic E-state index is 13.0. The first-order chi connectivity index (χ1) is 12.7. The summed E-state index contributed by atoms with van der Waals surface area (Å²) in [4.78, 5) is 0.483. The Morgan fingerprint density at radius 3 is 2.56 bits per heavy atom. The van der Waals surface area contributed by atoms with Crippen molar-refractivity contribution in [2.75, 3.05) is 25.4 Å². The summed E-state index contributed by atoms with van der Waals surface area (Å²) in [6.07, 6.45) is -0.0580. The molecule has 1 heterocycles. The van der Waals surface area contributed by atoms with Crippen molar-refractivity contribution in [3.63, 3.8) is 0 Å². The highest BCUT2D eigenvalue weighted by Crippen LogP contribution is 2.65. The molecule has 1 aliphatic heterocycles. The van der Waals surface area contributed by atoms with Gasteiger partial charge < -0.3 is 9.47 Å². The van der Waals surface area contributed by atoms with Gasteiger partial charge in [-0.2, -0.15) is 21.6 Å². The van der Waals surface area contributed by atoms with Crippen LogP contribution in [0.5, 0.6) is 0 Å². The van der Waals surface area contributed by atoms with Crippen LogP contribution in [-0.4, -0.2) is 45.4 Å². The molecule has 3 rings (SSSR count). The SMILES string of the molecule is COCOC1CCS(OS(=O)(=O)C(F)(F)F)(c2cccc3ccccc23)C1. The van der Waals surface area contributed by atoms with E-state index in [4.69, 9.17) is 13.1 Å². The maximum Gasteiger partial charge on any atom is 0.523 e. The monoisotopic (exact) mass is 424 g/mol. The van der Waals surface area contributed by atoms with Gasteiger partial charge in [0.1, 0.15) is 6.79 Å². The molecule has 1 saturated heterocycles. The minimum atomic E-state index is -5.75. The highest BCUT2D eigenvalue weighted by atomic mass is 32.3. The topological polar surface area (TPSA) is 61.8 Å². The number of methoxy groups -OCH3 is 1. The lowest BCUT2D eigenvalue weighted by Gasteiger charge is -2.35. The average Bonchev–Trinajstić information content (AvgIpc) is 3.02. The minimum absolute atomic E-state index is 0.0260. The number of rotatable bonds is 6. The van der Waals surface area contributed by atoms with Crippen LogP contribution < -0.4 is 0 Å². The van der Waals surface area contributed by atoms with Crippen LogP contribution in [0.15, 0.2) is 47.4 Å². The zero-order chi connectivity index (χ0) is 19.7. The van der Waals surface area contributed by atoms with Crippen LogP contribution in [0, 0.1) is 0 Å². The van der Waals surface area contributed by atoms with E-state index in [2.05, 4.69) is 0 Å². The summed E-state index contributed by atoms with van der Waals surface area (Å²) < 4.78 is 78.1. The first-order valence-corrected chi connectivity index (χ1v) is 11.4. The number of alkyl halides is 3. The summed E-state index contributed by atoms with van der Waals surface area (Å²) in [7, 11) is -7.09. The molecule has 5 nitrogen and oxygen atoms in total. The largest absolute Gasteiger partial charge is 0.523 e. The van der Waals surface area contributed by atoms with E-state index in [-0.39, 0.29) is 18.3 Å². The molecule has 0 saturated carbocycles. The summed E-state index contributed by atoms with van der Waals surface area (Å²) in [6, 6.07) is 12.3. The van der Waals surface area contributed by atoms with Crippen molar-refractivity contribution in [1.29, 1.82) is 0 Å². The Balaban J connectivity index is 2.08. The number of hydrogen-bond donors (Lipinski definition) is 0. The Morgan fingerprint density at radius 2 is 1.85 bits per heavy atom. The maximum absolute atomic E-state index is 13.0. The molecule has 0 amide bonds. The van der Waals surface area contributed by atoms with Crippen LogP contribution in [0.3, 0.4) is 0 Å². The van der Waals surface area contributed by atoms with Crippen LogP contribution in [0.25, 0.3) is 10.8 Å². The molecule has 27 heavy (non-hydrogen) atoms.